The number of hydrogen-bond acceptors (Lipinski definition) is 6. The summed E-state index contributed by atoms with van der Waals surface area (Å²) in [6.07, 6.45) is -0.729. The van der Waals surface area contributed by atoms with Crippen molar-refractivity contribution in [1.29, 1.82) is 0 Å². The highest BCUT2D eigenvalue weighted by molar-refractivity contribution is 7.18. The van der Waals surface area contributed by atoms with Gasteiger partial charge in [-0.3, -0.25) is 14.0 Å². The zero-order chi connectivity index (χ0) is 23.9. The molecular weight excluding hydrogens is 471 g/mol. The molecule has 1 atom stereocenters. The van der Waals surface area contributed by atoms with Crippen LogP contribution in [0, 0.1) is 0 Å². The molecule has 0 saturated carbocycles. The molecule has 4 aromatic rings. The summed E-state index contributed by atoms with van der Waals surface area (Å²) < 4.78 is 45.9. The number of fused-ring (bicyclic) bond motifs is 1. The predicted octanol–water partition coefficient (Wildman–Crippen LogP) is 4.67. The first-order valence-corrected chi connectivity index (χ1v) is 11.3. The van der Waals surface area contributed by atoms with E-state index in [9.17, 15) is 22.8 Å². The van der Waals surface area contributed by atoms with Crippen LogP contribution >= 0.6 is 11.3 Å². The third-order valence-electron chi connectivity index (χ3n) is 5.63. The number of likely N-dealkylation sites (tertiary alicyclic amines) is 1. The first-order chi connectivity index (χ1) is 16.3. The average molecular weight is 489 g/mol. The third-order valence-corrected chi connectivity index (χ3v) is 6.62. The molecule has 1 aliphatic rings. The fourth-order valence-electron chi connectivity index (χ4n) is 3.98. The van der Waals surface area contributed by atoms with Crippen molar-refractivity contribution in [3.63, 3.8) is 0 Å². The van der Waals surface area contributed by atoms with Crippen LogP contribution in [0.4, 0.5) is 18.2 Å². The second-order valence-corrected chi connectivity index (χ2v) is 8.97. The van der Waals surface area contributed by atoms with Gasteiger partial charge in [0.05, 0.1) is 21.7 Å². The van der Waals surface area contributed by atoms with E-state index < -0.39 is 17.6 Å². The number of carbonyl (C=O) groups excluding carboxylic acids is 2. The van der Waals surface area contributed by atoms with Gasteiger partial charge in [0.15, 0.2) is 11.4 Å². The Bertz CT molecular complexity index is 1350. The SMILES string of the molecule is O=C(Nc1ccc(C(=O)N2CCCC(c3nnc4ccc(C(F)(F)F)cn34)C2)s1)c1ccco1. The number of carbonyl (C=O) groups is 2. The highest BCUT2D eigenvalue weighted by Gasteiger charge is 2.33. The summed E-state index contributed by atoms with van der Waals surface area (Å²) in [5, 5.41) is 11.3. The number of amides is 2. The summed E-state index contributed by atoms with van der Waals surface area (Å²) in [5.74, 6) is -0.321. The first kappa shape index (κ1) is 22.1. The van der Waals surface area contributed by atoms with E-state index in [0.717, 1.165) is 23.6 Å². The van der Waals surface area contributed by atoms with Gasteiger partial charge >= 0.3 is 6.18 Å². The van der Waals surface area contributed by atoms with E-state index >= 15 is 0 Å². The largest absolute Gasteiger partial charge is 0.459 e. The van der Waals surface area contributed by atoms with Gasteiger partial charge in [-0.15, -0.1) is 21.5 Å². The normalized spacial score (nSPS) is 16.7. The number of hydrogen-bond donors (Lipinski definition) is 1. The molecule has 176 valence electrons. The van der Waals surface area contributed by atoms with Gasteiger partial charge in [0.25, 0.3) is 11.8 Å². The van der Waals surface area contributed by atoms with Gasteiger partial charge in [0.1, 0.15) is 5.82 Å². The van der Waals surface area contributed by atoms with E-state index in [1.165, 1.54) is 22.8 Å². The number of piperidine rings is 1. The predicted molar refractivity (Wildman–Crippen MR) is 117 cm³/mol. The molecule has 4 aromatic heterocycles. The lowest BCUT2D eigenvalue weighted by atomic mass is 9.97. The average Bonchev–Trinajstić information content (AvgIpc) is 3.58. The number of alkyl halides is 3. The molecule has 0 spiro atoms. The van der Waals surface area contributed by atoms with E-state index in [1.807, 2.05) is 0 Å². The highest BCUT2D eigenvalue weighted by atomic mass is 32.1. The molecular formula is C22H18F3N5O3S. The molecule has 1 unspecified atom stereocenters. The second-order valence-electron chi connectivity index (χ2n) is 7.89. The minimum absolute atomic E-state index is 0.161. The summed E-state index contributed by atoms with van der Waals surface area (Å²) in [4.78, 5) is 27.4. The van der Waals surface area contributed by atoms with Crippen LogP contribution in [0.15, 0.2) is 53.3 Å². The van der Waals surface area contributed by atoms with Crippen molar-refractivity contribution in [2.24, 2.45) is 0 Å². The molecule has 1 saturated heterocycles. The first-order valence-electron chi connectivity index (χ1n) is 10.5. The van der Waals surface area contributed by atoms with E-state index in [2.05, 4.69) is 15.5 Å². The maximum atomic E-state index is 13.2. The third kappa shape index (κ3) is 4.28. The topological polar surface area (TPSA) is 92.7 Å². The minimum Gasteiger partial charge on any atom is -0.459 e. The molecule has 34 heavy (non-hydrogen) atoms. The van der Waals surface area contributed by atoms with Gasteiger partial charge in [-0.1, -0.05) is 0 Å². The fourth-order valence-corrected chi connectivity index (χ4v) is 4.85. The summed E-state index contributed by atoms with van der Waals surface area (Å²) in [6, 6.07) is 8.68. The number of pyridine rings is 1. The van der Waals surface area contributed by atoms with Crippen molar-refractivity contribution < 1.29 is 27.2 Å². The standard InChI is InChI=1S/C22H18F3N5O3S/c23-22(24,25)14-5-7-17-27-28-19(30(17)12-14)13-3-1-9-29(11-13)21(32)16-6-8-18(34-16)26-20(31)15-4-2-10-33-15/h2,4-8,10,12-13H,1,3,9,11H2,(H,26,31). The Hall–Kier alpha value is -3.67. The second kappa shape index (κ2) is 8.60. The van der Waals surface area contributed by atoms with Crippen LogP contribution < -0.4 is 5.32 Å². The quantitative estimate of drug-likeness (QED) is 0.450. The van der Waals surface area contributed by atoms with Gasteiger partial charge in [0.2, 0.25) is 0 Å². The molecule has 0 bridgehead atoms. The van der Waals surface area contributed by atoms with Gasteiger partial charge in [-0.05, 0) is 49.2 Å². The van der Waals surface area contributed by atoms with Crippen LogP contribution in [-0.2, 0) is 6.18 Å². The molecule has 8 nitrogen and oxygen atoms in total. The number of furan rings is 1. The van der Waals surface area contributed by atoms with Crippen molar-refractivity contribution in [3.05, 3.63) is 70.9 Å². The summed E-state index contributed by atoms with van der Waals surface area (Å²) in [7, 11) is 0. The van der Waals surface area contributed by atoms with Crippen LogP contribution in [0.2, 0.25) is 0 Å². The molecule has 1 aliphatic heterocycles. The molecule has 2 amide bonds. The number of rotatable bonds is 4. The monoisotopic (exact) mass is 489 g/mol. The van der Waals surface area contributed by atoms with Gasteiger partial charge in [0, 0.05) is 25.2 Å². The smallest absolute Gasteiger partial charge is 0.417 e. The molecule has 1 N–H and O–H groups in total. The molecule has 0 aliphatic carbocycles. The van der Waals surface area contributed by atoms with Gasteiger partial charge < -0.3 is 14.6 Å². The zero-order valence-corrected chi connectivity index (χ0v) is 18.4. The number of nitrogens with one attached hydrogen (secondary N) is 1. The van der Waals surface area contributed by atoms with E-state index in [1.54, 1.807) is 23.1 Å². The Morgan fingerprint density at radius 3 is 2.76 bits per heavy atom. The number of anilines is 1. The van der Waals surface area contributed by atoms with Crippen LogP contribution in [0.5, 0.6) is 0 Å². The van der Waals surface area contributed by atoms with E-state index in [4.69, 9.17) is 4.42 Å². The lowest BCUT2D eigenvalue weighted by molar-refractivity contribution is -0.137. The minimum atomic E-state index is -4.48. The molecule has 0 radical (unpaired) electrons. The van der Waals surface area contributed by atoms with E-state index in [-0.39, 0.29) is 17.6 Å². The molecule has 5 heterocycles. The van der Waals surface area contributed by atoms with Gasteiger partial charge in [-0.25, -0.2) is 0 Å². The molecule has 12 heteroatoms. The maximum absolute atomic E-state index is 13.2. The lowest BCUT2D eigenvalue weighted by Gasteiger charge is -2.31. The number of nitrogens with zero attached hydrogens (tertiary/aromatic N) is 4. The van der Waals surface area contributed by atoms with Crippen LogP contribution in [-0.4, -0.2) is 44.4 Å². The van der Waals surface area contributed by atoms with Crippen LogP contribution in [0.3, 0.4) is 0 Å². The van der Waals surface area contributed by atoms with Crippen molar-refractivity contribution >= 4 is 33.8 Å². The van der Waals surface area contributed by atoms with Crippen LogP contribution in [0.25, 0.3) is 5.65 Å². The lowest BCUT2D eigenvalue weighted by Crippen LogP contribution is -2.39. The molecule has 0 aromatic carbocycles. The Kier molecular flexibility index (Phi) is 5.60. The Morgan fingerprint density at radius 2 is 2.00 bits per heavy atom. The van der Waals surface area contributed by atoms with Crippen molar-refractivity contribution in [1.82, 2.24) is 19.5 Å². The molecule has 1 fully saturated rings. The van der Waals surface area contributed by atoms with Crippen molar-refractivity contribution in [3.8, 4) is 0 Å². The highest BCUT2D eigenvalue weighted by Crippen LogP contribution is 2.32. The number of thiophene rings is 1. The van der Waals surface area contributed by atoms with E-state index in [0.29, 0.717) is 47.3 Å². The number of halogens is 3. The van der Waals surface area contributed by atoms with Crippen molar-refractivity contribution in [2.45, 2.75) is 24.9 Å². The number of aromatic nitrogens is 3. The fraction of sp³-hybridized carbons (Fsp3) is 0.273. The Balaban J connectivity index is 1.32. The van der Waals surface area contributed by atoms with Crippen LogP contribution in [0.1, 0.15) is 50.4 Å². The summed E-state index contributed by atoms with van der Waals surface area (Å²) >= 11 is 1.14. The molecule has 5 rings (SSSR count). The Labute approximate surface area is 195 Å². The zero-order valence-electron chi connectivity index (χ0n) is 17.6. The van der Waals surface area contributed by atoms with Crippen molar-refractivity contribution in [2.75, 3.05) is 18.4 Å². The maximum Gasteiger partial charge on any atom is 0.417 e. The summed E-state index contributed by atoms with van der Waals surface area (Å²) in [5.41, 5.74) is -0.464. The Morgan fingerprint density at radius 1 is 1.15 bits per heavy atom. The van der Waals surface area contributed by atoms with Gasteiger partial charge in [-0.2, -0.15) is 13.2 Å². The summed E-state index contributed by atoms with van der Waals surface area (Å²) in [6.45, 7) is 0.827.